The van der Waals surface area contributed by atoms with Crippen molar-refractivity contribution in [2.24, 2.45) is 5.16 Å². The van der Waals surface area contributed by atoms with E-state index in [1.165, 1.54) is 30.5 Å². The van der Waals surface area contributed by atoms with Gasteiger partial charge in [-0.3, -0.25) is 10.1 Å². The monoisotopic (exact) mass is 340 g/mol. The Labute approximate surface area is 142 Å². The molecular formula is C18H13FN2O4. The molecule has 2 aromatic carbocycles. The maximum atomic E-state index is 13.2. The molecule has 0 bridgehead atoms. The number of rotatable bonds is 6. The van der Waals surface area contributed by atoms with E-state index in [2.05, 4.69) is 5.16 Å². The van der Waals surface area contributed by atoms with Gasteiger partial charge < -0.3 is 9.25 Å². The molecule has 0 unspecified atom stereocenters. The van der Waals surface area contributed by atoms with E-state index in [9.17, 15) is 14.5 Å². The number of hydrogen-bond acceptors (Lipinski definition) is 5. The summed E-state index contributed by atoms with van der Waals surface area (Å²) in [5.41, 5.74) is 1.25. The van der Waals surface area contributed by atoms with Crippen LogP contribution in [-0.2, 0) is 11.4 Å². The van der Waals surface area contributed by atoms with E-state index in [1.807, 2.05) is 0 Å². The molecule has 25 heavy (non-hydrogen) atoms. The van der Waals surface area contributed by atoms with Crippen molar-refractivity contribution in [2.75, 3.05) is 0 Å². The maximum Gasteiger partial charge on any atom is 0.269 e. The molecular weight excluding hydrogens is 327 g/mol. The van der Waals surface area contributed by atoms with Crippen molar-refractivity contribution >= 4 is 11.9 Å². The van der Waals surface area contributed by atoms with Gasteiger partial charge in [0.2, 0.25) is 0 Å². The Hall–Kier alpha value is -3.48. The van der Waals surface area contributed by atoms with Gasteiger partial charge in [-0.05, 0) is 29.8 Å². The smallest absolute Gasteiger partial charge is 0.269 e. The molecule has 7 heteroatoms. The van der Waals surface area contributed by atoms with Gasteiger partial charge in [-0.15, -0.1) is 0 Å². The molecule has 0 spiro atoms. The summed E-state index contributed by atoms with van der Waals surface area (Å²) < 4.78 is 18.8. The Morgan fingerprint density at radius 2 is 2.00 bits per heavy atom. The van der Waals surface area contributed by atoms with Gasteiger partial charge in [0.25, 0.3) is 5.69 Å². The Kier molecular flexibility index (Phi) is 4.84. The predicted octanol–water partition coefficient (Wildman–Crippen LogP) is 4.54. The fraction of sp³-hybridized carbons (Fsp3) is 0.0556. The van der Waals surface area contributed by atoms with Crippen LogP contribution in [0.15, 0.2) is 70.2 Å². The SMILES string of the molecule is O=[N+]([O-])c1cccc(CO/N=C\c2ccc(-c3cccc(F)c3)o2)c1. The third kappa shape index (κ3) is 4.29. The van der Waals surface area contributed by atoms with E-state index in [4.69, 9.17) is 9.25 Å². The van der Waals surface area contributed by atoms with E-state index in [-0.39, 0.29) is 18.1 Å². The zero-order valence-electron chi connectivity index (χ0n) is 13.0. The van der Waals surface area contributed by atoms with Gasteiger partial charge in [0.15, 0.2) is 0 Å². The van der Waals surface area contributed by atoms with Gasteiger partial charge in [-0.1, -0.05) is 29.4 Å². The van der Waals surface area contributed by atoms with Crippen LogP contribution in [0, 0.1) is 15.9 Å². The van der Waals surface area contributed by atoms with Gasteiger partial charge in [-0.25, -0.2) is 4.39 Å². The molecule has 3 aromatic rings. The molecule has 6 nitrogen and oxygen atoms in total. The Morgan fingerprint density at radius 3 is 2.80 bits per heavy atom. The minimum absolute atomic E-state index is 0.00384. The van der Waals surface area contributed by atoms with Crippen molar-refractivity contribution in [2.45, 2.75) is 6.61 Å². The molecule has 0 aliphatic carbocycles. The second kappa shape index (κ2) is 7.39. The van der Waals surface area contributed by atoms with E-state index in [0.29, 0.717) is 22.6 Å². The maximum absolute atomic E-state index is 13.2. The van der Waals surface area contributed by atoms with Crippen molar-refractivity contribution in [1.29, 1.82) is 0 Å². The van der Waals surface area contributed by atoms with Gasteiger partial charge in [0, 0.05) is 17.7 Å². The number of nitrogens with zero attached hydrogens (tertiary/aromatic N) is 2. The lowest BCUT2D eigenvalue weighted by Gasteiger charge is -1.99. The normalized spacial score (nSPS) is 10.9. The van der Waals surface area contributed by atoms with Crippen LogP contribution in [0.3, 0.4) is 0 Å². The number of non-ortho nitro benzene ring substituents is 1. The molecule has 0 atom stereocenters. The standard InChI is InChI=1S/C18H13FN2O4/c19-15-5-2-4-14(10-15)18-8-7-17(25-18)11-20-24-12-13-3-1-6-16(9-13)21(22)23/h1-11H,12H2/b20-11-. The summed E-state index contributed by atoms with van der Waals surface area (Å²) >= 11 is 0. The third-order valence-corrected chi connectivity index (χ3v) is 3.34. The quantitative estimate of drug-likeness (QED) is 0.375. The van der Waals surface area contributed by atoms with Gasteiger partial charge in [-0.2, -0.15) is 0 Å². The van der Waals surface area contributed by atoms with Crippen LogP contribution in [0.4, 0.5) is 10.1 Å². The number of furan rings is 1. The molecule has 0 aliphatic rings. The number of halogens is 1. The average Bonchev–Trinajstić information content (AvgIpc) is 3.08. The van der Waals surface area contributed by atoms with Gasteiger partial charge in [0.05, 0.1) is 4.92 Å². The topological polar surface area (TPSA) is 77.9 Å². The van der Waals surface area contributed by atoms with Crippen molar-refractivity contribution in [3.63, 3.8) is 0 Å². The van der Waals surface area contributed by atoms with Crippen LogP contribution < -0.4 is 0 Å². The minimum atomic E-state index is -0.469. The Bertz CT molecular complexity index is 921. The lowest BCUT2D eigenvalue weighted by atomic mass is 10.2. The van der Waals surface area contributed by atoms with Crippen LogP contribution in [0.5, 0.6) is 0 Å². The number of nitro groups is 1. The first-order valence-corrected chi connectivity index (χ1v) is 7.36. The first-order chi connectivity index (χ1) is 12.1. The molecule has 0 N–H and O–H groups in total. The Morgan fingerprint density at radius 1 is 1.16 bits per heavy atom. The molecule has 3 rings (SSSR count). The molecule has 0 fully saturated rings. The van der Waals surface area contributed by atoms with E-state index in [0.717, 1.165) is 0 Å². The zero-order valence-corrected chi connectivity index (χ0v) is 13.0. The van der Waals surface area contributed by atoms with Crippen molar-refractivity contribution in [1.82, 2.24) is 0 Å². The largest absolute Gasteiger partial charge is 0.455 e. The fourth-order valence-electron chi connectivity index (χ4n) is 2.18. The fourth-order valence-corrected chi connectivity index (χ4v) is 2.18. The highest BCUT2D eigenvalue weighted by atomic mass is 19.1. The third-order valence-electron chi connectivity index (χ3n) is 3.34. The first kappa shape index (κ1) is 16.4. The van der Waals surface area contributed by atoms with E-state index < -0.39 is 4.92 Å². The predicted molar refractivity (Wildman–Crippen MR) is 89.6 cm³/mol. The van der Waals surface area contributed by atoms with Crippen molar-refractivity contribution in [3.05, 3.63) is 87.9 Å². The average molecular weight is 340 g/mol. The molecule has 0 aliphatic heterocycles. The highest BCUT2D eigenvalue weighted by molar-refractivity contribution is 5.76. The molecule has 126 valence electrons. The highest BCUT2D eigenvalue weighted by Gasteiger charge is 2.06. The number of benzene rings is 2. The number of nitro benzene ring substituents is 1. The summed E-state index contributed by atoms with van der Waals surface area (Å²) in [6, 6.07) is 15.6. The summed E-state index contributed by atoms with van der Waals surface area (Å²) in [5.74, 6) is 0.613. The molecule has 1 aromatic heterocycles. The number of oxime groups is 1. The summed E-state index contributed by atoms with van der Waals surface area (Å²) in [6.45, 7) is 0.0929. The van der Waals surface area contributed by atoms with Gasteiger partial charge >= 0.3 is 0 Å². The summed E-state index contributed by atoms with van der Waals surface area (Å²) in [7, 11) is 0. The highest BCUT2D eigenvalue weighted by Crippen LogP contribution is 2.22. The molecule has 0 amide bonds. The van der Waals surface area contributed by atoms with Crippen molar-refractivity contribution in [3.8, 4) is 11.3 Å². The first-order valence-electron chi connectivity index (χ1n) is 7.36. The summed E-state index contributed by atoms with van der Waals surface area (Å²) in [4.78, 5) is 15.4. The molecule has 0 radical (unpaired) electrons. The lowest BCUT2D eigenvalue weighted by Crippen LogP contribution is -1.92. The van der Waals surface area contributed by atoms with Crippen LogP contribution in [0.25, 0.3) is 11.3 Å². The Balaban J connectivity index is 1.60. The van der Waals surface area contributed by atoms with Crippen molar-refractivity contribution < 1.29 is 18.6 Å². The zero-order chi connectivity index (χ0) is 17.6. The molecule has 1 heterocycles. The minimum Gasteiger partial charge on any atom is -0.455 e. The van der Waals surface area contributed by atoms with E-state index >= 15 is 0 Å². The van der Waals surface area contributed by atoms with Crippen LogP contribution in [0.1, 0.15) is 11.3 Å². The summed E-state index contributed by atoms with van der Waals surface area (Å²) in [5, 5.41) is 14.5. The second-order valence-electron chi connectivity index (χ2n) is 5.15. The second-order valence-corrected chi connectivity index (χ2v) is 5.15. The lowest BCUT2D eigenvalue weighted by molar-refractivity contribution is -0.384. The van der Waals surface area contributed by atoms with Crippen LogP contribution in [-0.4, -0.2) is 11.1 Å². The van der Waals surface area contributed by atoms with E-state index in [1.54, 1.807) is 36.4 Å². The van der Waals surface area contributed by atoms with Gasteiger partial charge in [0.1, 0.15) is 30.2 Å². The van der Waals surface area contributed by atoms with Crippen LogP contribution in [0.2, 0.25) is 0 Å². The number of hydrogen-bond donors (Lipinski definition) is 0. The summed E-state index contributed by atoms with van der Waals surface area (Å²) in [6.07, 6.45) is 1.38. The molecule has 0 saturated carbocycles. The van der Waals surface area contributed by atoms with Crippen LogP contribution >= 0.6 is 0 Å². The molecule has 0 saturated heterocycles.